The van der Waals surface area contributed by atoms with Crippen LogP contribution in [0.3, 0.4) is 0 Å². The molecule has 0 aliphatic rings. The number of carboxylic acid groups (broad SMARTS) is 1. The summed E-state index contributed by atoms with van der Waals surface area (Å²) in [5, 5.41) is 11.1. The third-order valence-corrected chi connectivity index (χ3v) is 2.81. The number of hydrogen-bond acceptors (Lipinski definition) is 4. The van der Waals surface area contributed by atoms with E-state index < -0.39 is 17.9 Å². The number of carbonyl (C=O) groups excluding carboxylic acids is 1. The van der Waals surface area contributed by atoms with Crippen LogP contribution in [0.25, 0.3) is 11.3 Å². The third kappa shape index (κ3) is 2.85. The van der Waals surface area contributed by atoms with Gasteiger partial charge in [-0.3, -0.25) is 9.59 Å². The molecule has 0 unspecified atom stereocenters. The third-order valence-electron chi connectivity index (χ3n) is 2.81. The Labute approximate surface area is 115 Å². The summed E-state index contributed by atoms with van der Waals surface area (Å²) in [6, 6.07) is 6.41. The van der Waals surface area contributed by atoms with E-state index in [4.69, 9.17) is 9.52 Å². The lowest BCUT2D eigenvalue weighted by Gasteiger charge is -2.08. The molecule has 0 saturated heterocycles. The Morgan fingerprint density at radius 2 is 1.95 bits per heavy atom. The lowest BCUT2D eigenvalue weighted by molar-refractivity contribution is -0.138. The zero-order chi connectivity index (χ0) is 14.7. The van der Waals surface area contributed by atoms with E-state index >= 15 is 0 Å². The van der Waals surface area contributed by atoms with Crippen LogP contribution < -0.4 is 5.32 Å². The zero-order valence-corrected chi connectivity index (χ0v) is 11.1. The summed E-state index contributed by atoms with van der Waals surface area (Å²) >= 11 is 0. The van der Waals surface area contributed by atoms with Crippen molar-refractivity contribution in [2.24, 2.45) is 0 Å². The monoisotopic (exact) mass is 274 g/mol. The molecule has 1 heterocycles. The van der Waals surface area contributed by atoms with Crippen molar-refractivity contribution in [1.82, 2.24) is 10.3 Å². The molecule has 1 atom stereocenters. The molecule has 6 nitrogen and oxygen atoms in total. The van der Waals surface area contributed by atoms with E-state index in [1.54, 1.807) is 0 Å². The van der Waals surface area contributed by atoms with Crippen molar-refractivity contribution in [3.05, 3.63) is 41.9 Å². The molecule has 1 aromatic heterocycles. The van der Waals surface area contributed by atoms with E-state index in [9.17, 15) is 9.59 Å². The van der Waals surface area contributed by atoms with Gasteiger partial charge in [-0.15, -0.1) is 0 Å². The minimum absolute atomic E-state index is 0.0713. The highest BCUT2D eigenvalue weighted by atomic mass is 16.4. The molecule has 0 aliphatic heterocycles. The second kappa shape index (κ2) is 5.56. The van der Waals surface area contributed by atoms with E-state index in [-0.39, 0.29) is 5.69 Å². The average Bonchev–Trinajstić information content (AvgIpc) is 2.88. The SMILES string of the molecule is Cc1ccc(-c2ocnc2C(=O)N[C@@H](C)C(=O)O)cc1. The van der Waals surface area contributed by atoms with Gasteiger partial charge in [0, 0.05) is 5.56 Å². The van der Waals surface area contributed by atoms with E-state index in [0.717, 1.165) is 12.0 Å². The van der Waals surface area contributed by atoms with Crippen LogP contribution in [-0.2, 0) is 4.79 Å². The number of benzene rings is 1. The summed E-state index contributed by atoms with van der Waals surface area (Å²) in [5.41, 5.74) is 1.86. The number of rotatable bonds is 4. The fourth-order valence-corrected chi connectivity index (χ4v) is 1.64. The van der Waals surface area contributed by atoms with Crippen molar-refractivity contribution >= 4 is 11.9 Å². The number of carboxylic acids is 1. The van der Waals surface area contributed by atoms with Crippen molar-refractivity contribution in [2.75, 3.05) is 0 Å². The summed E-state index contributed by atoms with van der Waals surface area (Å²) in [6.07, 6.45) is 1.16. The van der Waals surface area contributed by atoms with E-state index in [0.29, 0.717) is 11.3 Å². The van der Waals surface area contributed by atoms with Gasteiger partial charge in [0.15, 0.2) is 17.8 Å². The molecule has 0 spiro atoms. The van der Waals surface area contributed by atoms with Gasteiger partial charge < -0.3 is 14.8 Å². The largest absolute Gasteiger partial charge is 0.480 e. The molecule has 6 heteroatoms. The topological polar surface area (TPSA) is 92.4 Å². The maximum absolute atomic E-state index is 12.0. The summed E-state index contributed by atoms with van der Waals surface area (Å²) in [7, 11) is 0. The Morgan fingerprint density at radius 1 is 1.30 bits per heavy atom. The molecule has 2 rings (SSSR count). The fourth-order valence-electron chi connectivity index (χ4n) is 1.64. The number of carbonyl (C=O) groups is 2. The molecular weight excluding hydrogens is 260 g/mol. The number of oxazole rings is 1. The number of aryl methyl sites for hydroxylation is 1. The van der Waals surface area contributed by atoms with Crippen LogP contribution in [0.1, 0.15) is 23.0 Å². The maximum Gasteiger partial charge on any atom is 0.325 e. The normalized spacial score (nSPS) is 11.9. The highest BCUT2D eigenvalue weighted by Gasteiger charge is 2.21. The zero-order valence-electron chi connectivity index (χ0n) is 11.1. The first-order valence-electron chi connectivity index (χ1n) is 6.03. The van der Waals surface area contributed by atoms with Gasteiger partial charge in [0.25, 0.3) is 5.91 Å². The predicted molar refractivity (Wildman–Crippen MR) is 71.2 cm³/mol. The molecule has 2 aromatic rings. The quantitative estimate of drug-likeness (QED) is 0.887. The Kier molecular flexibility index (Phi) is 3.84. The molecule has 1 amide bonds. The van der Waals surface area contributed by atoms with E-state index in [1.165, 1.54) is 6.92 Å². The van der Waals surface area contributed by atoms with Crippen molar-refractivity contribution < 1.29 is 19.1 Å². The van der Waals surface area contributed by atoms with Crippen molar-refractivity contribution in [2.45, 2.75) is 19.9 Å². The Morgan fingerprint density at radius 3 is 2.55 bits per heavy atom. The van der Waals surface area contributed by atoms with Gasteiger partial charge in [0.05, 0.1) is 0 Å². The van der Waals surface area contributed by atoms with Gasteiger partial charge >= 0.3 is 5.97 Å². The van der Waals surface area contributed by atoms with Gasteiger partial charge in [-0.05, 0) is 13.8 Å². The van der Waals surface area contributed by atoms with Gasteiger partial charge in [-0.1, -0.05) is 29.8 Å². The van der Waals surface area contributed by atoms with Gasteiger partial charge in [-0.2, -0.15) is 0 Å². The van der Waals surface area contributed by atoms with Crippen LogP contribution in [0, 0.1) is 6.92 Å². The number of hydrogen-bond donors (Lipinski definition) is 2. The summed E-state index contributed by atoms with van der Waals surface area (Å²) in [6.45, 7) is 3.33. The molecule has 0 radical (unpaired) electrons. The van der Waals surface area contributed by atoms with Crippen molar-refractivity contribution in [1.29, 1.82) is 0 Å². The Bertz CT molecular complexity index is 631. The van der Waals surface area contributed by atoms with Gasteiger partial charge in [-0.25, -0.2) is 4.98 Å². The minimum Gasteiger partial charge on any atom is -0.480 e. The first-order chi connectivity index (χ1) is 9.49. The molecule has 2 N–H and O–H groups in total. The molecule has 104 valence electrons. The number of nitrogens with one attached hydrogen (secondary N) is 1. The van der Waals surface area contributed by atoms with Crippen LogP contribution in [0.4, 0.5) is 0 Å². The molecular formula is C14H14N2O4. The van der Waals surface area contributed by atoms with Crippen molar-refractivity contribution in [3.63, 3.8) is 0 Å². The minimum atomic E-state index is -1.11. The molecule has 1 aromatic carbocycles. The van der Waals surface area contributed by atoms with Crippen LogP contribution in [0.2, 0.25) is 0 Å². The fraction of sp³-hybridized carbons (Fsp3) is 0.214. The second-order valence-electron chi connectivity index (χ2n) is 4.43. The Hall–Kier alpha value is -2.63. The van der Waals surface area contributed by atoms with Crippen molar-refractivity contribution in [3.8, 4) is 11.3 Å². The summed E-state index contributed by atoms with van der Waals surface area (Å²) in [5.74, 6) is -1.37. The van der Waals surface area contributed by atoms with E-state index in [1.807, 2.05) is 31.2 Å². The number of nitrogens with zero attached hydrogens (tertiary/aromatic N) is 1. The number of aliphatic carboxylic acids is 1. The predicted octanol–water partition coefficient (Wildman–Crippen LogP) is 1.85. The van der Waals surface area contributed by atoms with Gasteiger partial charge in [0.2, 0.25) is 0 Å². The van der Waals surface area contributed by atoms with Crippen LogP contribution in [0.15, 0.2) is 35.1 Å². The first-order valence-corrected chi connectivity index (χ1v) is 6.03. The number of aromatic nitrogens is 1. The first kappa shape index (κ1) is 13.8. The van der Waals surface area contributed by atoms with Crippen LogP contribution in [0.5, 0.6) is 0 Å². The lowest BCUT2D eigenvalue weighted by Crippen LogP contribution is -2.38. The van der Waals surface area contributed by atoms with Crippen LogP contribution >= 0.6 is 0 Å². The Balaban J connectivity index is 2.26. The maximum atomic E-state index is 12.0. The van der Waals surface area contributed by atoms with Gasteiger partial charge in [0.1, 0.15) is 6.04 Å². The molecule has 0 fully saturated rings. The average molecular weight is 274 g/mol. The highest BCUT2D eigenvalue weighted by molar-refractivity contribution is 5.99. The molecule has 0 bridgehead atoms. The standard InChI is InChI=1S/C14H14N2O4/c1-8-3-5-10(6-4-8)12-11(15-7-20-12)13(17)16-9(2)14(18)19/h3-7,9H,1-2H3,(H,16,17)(H,18,19)/t9-/m0/s1. The summed E-state index contributed by atoms with van der Waals surface area (Å²) < 4.78 is 5.23. The highest BCUT2D eigenvalue weighted by Crippen LogP contribution is 2.23. The number of amides is 1. The second-order valence-corrected chi connectivity index (χ2v) is 4.43. The lowest BCUT2D eigenvalue weighted by atomic mass is 10.1. The van der Waals surface area contributed by atoms with E-state index in [2.05, 4.69) is 10.3 Å². The molecule has 0 saturated carbocycles. The van der Waals surface area contributed by atoms with Crippen LogP contribution in [-0.4, -0.2) is 28.0 Å². The molecule has 0 aliphatic carbocycles. The molecule has 20 heavy (non-hydrogen) atoms. The smallest absolute Gasteiger partial charge is 0.325 e. The summed E-state index contributed by atoms with van der Waals surface area (Å²) in [4.78, 5) is 26.6.